The molecule has 0 aliphatic rings. The van der Waals surface area contributed by atoms with E-state index in [2.05, 4.69) is 0 Å². The lowest BCUT2D eigenvalue weighted by Gasteiger charge is -2.06. The number of hydrogen-bond donors (Lipinski definition) is 0. The molecule has 4 heteroatoms. The maximum absolute atomic E-state index is 11.6. The largest absolute Gasteiger partial charge is 0.462 e. The molecule has 114 valence electrons. The summed E-state index contributed by atoms with van der Waals surface area (Å²) in [5.41, 5.74) is 2.48. The highest BCUT2D eigenvalue weighted by atomic mass is 16.5. The average Bonchev–Trinajstić information content (AvgIpc) is 2.56. The van der Waals surface area contributed by atoms with Crippen LogP contribution in [0.3, 0.4) is 0 Å². The van der Waals surface area contributed by atoms with Gasteiger partial charge in [0.15, 0.2) is 0 Å². The van der Waals surface area contributed by atoms with Crippen molar-refractivity contribution in [2.75, 3.05) is 6.61 Å². The van der Waals surface area contributed by atoms with Crippen molar-refractivity contribution in [2.45, 2.75) is 20.3 Å². The first-order valence-electron chi connectivity index (χ1n) is 7.22. The number of ether oxygens (including phenoxy) is 2. The molecule has 0 N–H and O–H groups in total. The summed E-state index contributed by atoms with van der Waals surface area (Å²) in [4.78, 5) is 22.8. The summed E-state index contributed by atoms with van der Waals surface area (Å²) in [6, 6.07) is 14.4. The third-order valence-electron chi connectivity index (χ3n) is 3.10. The number of benzene rings is 2. The van der Waals surface area contributed by atoms with Gasteiger partial charge in [0.2, 0.25) is 0 Å². The van der Waals surface area contributed by atoms with Gasteiger partial charge >= 0.3 is 11.9 Å². The van der Waals surface area contributed by atoms with Crippen LogP contribution in [0.1, 0.15) is 30.6 Å². The molecule has 0 saturated heterocycles. The normalized spacial score (nSPS) is 10.1. The Morgan fingerprint density at radius 3 is 1.91 bits per heavy atom. The van der Waals surface area contributed by atoms with E-state index < -0.39 is 0 Å². The molecule has 0 fully saturated rings. The molecule has 2 rings (SSSR count). The number of carbonyl (C=O) groups excluding carboxylic acids is 2. The van der Waals surface area contributed by atoms with E-state index in [4.69, 9.17) is 9.47 Å². The second-order valence-corrected chi connectivity index (χ2v) is 4.65. The summed E-state index contributed by atoms with van der Waals surface area (Å²) in [6.07, 6.45) is 0.344. The third kappa shape index (κ3) is 3.95. The summed E-state index contributed by atoms with van der Waals surface area (Å²) in [7, 11) is 0. The number of carbonyl (C=O) groups is 2. The first-order chi connectivity index (χ1) is 10.6. The minimum atomic E-state index is -0.323. The van der Waals surface area contributed by atoms with Crippen molar-refractivity contribution in [2.24, 2.45) is 0 Å². The molecule has 0 aliphatic carbocycles. The zero-order valence-corrected chi connectivity index (χ0v) is 12.7. The zero-order chi connectivity index (χ0) is 15.9. The standard InChI is InChI=1S/C18H18O4/c1-3-17(19)22-16-11-9-14(10-12-16)13-5-7-15(8-6-13)18(20)21-4-2/h5-12H,3-4H2,1-2H3. The fraction of sp³-hybridized carbons (Fsp3) is 0.222. The Labute approximate surface area is 129 Å². The number of esters is 2. The van der Waals surface area contributed by atoms with Crippen LogP contribution in [-0.2, 0) is 9.53 Å². The Balaban J connectivity index is 2.11. The van der Waals surface area contributed by atoms with Crippen molar-refractivity contribution in [3.63, 3.8) is 0 Å². The maximum Gasteiger partial charge on any atom is 0.338 e. The number of hydrogen-bond acceptors (Lipinski definition) is 4. The van der Waals surface area contributed by atoms with Gasteiger partial charge in [-0.05, 0) is 42.3 Å². The van der Waals surface area contributed by atoms with Crippen LogP contribution >= 0.6 is 0 Å². The Morgan fingerprint density at radius 1 is 0.864 bits per heavy atom. The highest BCUT2D eigenvalue weighted by molar-refractivity contribution is 5.90. The van der Waals surface area contributed by atoms with Crippen molar-refractivity contribution >= 4 is 11.9 Å². The van der Waals surface area contributed by atoms with Crippen LogP contribution in [0.15, 0.2) is 48.5 Å². The summed E-state index contributed by atoms with van der Waals surface area (Å²) in [5.74, 6) is -0.0545. The minimum absolute atomic E-state index is 0.258. The van der Waals surface area contributed by atoms with Gasteiger partial charge < -0.3 is 9.47 Å². The molecule has 0 atom stereocenters. The van der Waals surface area contributed by atoms with Crippen molar-refractivity contribution < 1.29 is 19.1 Å². The highest BCUT2D eigenvalue weighted by Gasteiger charge is 2.07. The molecule has 0 heterocycles. The van der Waals surface area contributed by atoms with Gasteiger partial charge in [-0.15, -0.1) is 0 Å². The Kier molecular flexibility index (Phi) is 5.31. The summed E-state index contributed by atoms with van der Waals surface area (Å²) in [5, 5.41) is 0. The summed E-state index contributed by atoms with van der Waals surface area (Å²) < 4.78 is 10.1. The van der Waals surface area contributed by atoms with Gasteiger partial charge in [-0.3, -0.25) is 4.79 Å². The van der Waals surface area contributed by atoms with Crippen LogP contribution in [0, 0.1) is 0 Å². The topological polar surface area (TPSA) is 52.6 Å². The van der Waals surface area contributed by atoms with Gasteiger partial charge in [0, 0.05) is 6.42 Å². The van der Waals surface area contributed by atoms with Gasteiger partial charge in [-0.2, -0.15) is 0 Å². The molecule has 0 aromatic heterocycles. The van der Waals surface area contributed by atoms with Crippen LogP contribution in [0.4, 0.5) is 0 Å². The van der Waals surface area contributed by atoms with Gasteiger partial charge in [0.05, 0.1) is 12.2 Å². The fourth-order valence-corrected chi connectivity index (χ4v) is 1.93. The molecule has 2 aromatic carbocycles. The van der Waals surface area contributed by atoms with E-state index in [0.717, 1.165) is 11.1 Å². The quantitative estimate of drug-likeness (QED) is 0.621. The Morgan fingerprint density at radius 2 is 1.41 bits per heavy atom. The molecular formula is C18H18O4. The first kappa shape index (κ1) is 15.8. The van der Waals surface area contributed by atoms with Gasteiger partial charge in [0.25, 0.3) is 0 Å². The zero-order valence-electron chi connectivity index (χ0n) is 12.7. The molecule has 0 amide bonds. The van der Waals surface area contributed by atoms with Gasteiger partial charge in [-0.25, -0.2) is 4.79 Å². The lowest BCUT2D eigenvalue weighted by atomic mass is 10.0. The molecular weight excluding hydrogens is 280 g/mol. The molecule has 4 nitrogen and oxygen atoms in total. The van der Waals surface area contributed by atoms with Crippen molar-refractivity contribution in [3.05, 3.63) is 54.1 Å². The predicted molar refractivity (Wildman–Crippen MR) is 83.8 cm³/mol. The lowest BCUT2D eigenvalue weighted by molar-refractivity contribution is -0.134. The second kappa shape index (κ2) is 7.41. The molecule has 2 aromatic rings. The number of rotatable bonds is 5. The van der Waals surface area contributed by atoms with Gasteiger partial charge in [0.1, 0.15) is 5.75 Å². The second-order valence-electron chi connectivity index (χ2n) is 4.65. The van der Waals surface area contributed by atoms with Crippen LogP contribution in [0.5, 0.6) is 5.75 Å². The van der Waals surface area contributed by atoms with E-state index >= 15 is 0 Å². The summed E-state index contributed by atoms with van der Waals surface area (Å²) >= 11 is 0. The fourth-order valence-electron chi connectivity index (χ4n) is 1.93. The Bertz CT molecular complexity index is 642. The summed E-state index contributed by atoms with van der Waals surface area (Å²) in [6.45, 7) is 3.89. The van der Waals surface area contributed by atoms with Crippen molar-refractivity contribution in [1.82, 2.24) is 0 Å². The van der Waals surface area contributed by atoms with E-state index in [1.807, 2.05) is 24.3 Å². The van der Waals surface area contributed by atoms with Crippen LogP contribution < -0.4 is 4.74 Å². The molecule has 22 heavy (non-hydrogen) atoms. The molecule has 0 unspecified atom stereocenters. The van der Waals surface area contributed by atoms with Crippen molar-refractivity contribution in [1.29, 1.82) is 0 Å². The van der Waals surface area contributed by atoms with E-state index in [1.54, 1.807) is 38.1 Å². The molecule has 0 spiro atoms. The van der Waals surface area contributed by atoms with Crippen LogP contribution in [-0.4, -0.2) is 18.5 Å². The van der Waals surface area contributed by atoms with E-state index in [9.17, 15) is 9.59 Å². The average molecular weight is 298 g/mol. The lowest BCUT2D eigenvalue weighted by Crippen LogP contribution is -2.05. The molecule has 0 aliphatic heterocycles. The van der Waals surface area contributed by atoms with Crippen LogP contribution in [0.25, 0.3) is 11.1 Å². The van der Waals surface area contributed by atoms with Gasteiger partial charge in [-0.1, -0.05) is 31.2 Å². The molecule has 0 radical (unpaired) electrons. The minimum Gasteiger partial charge on any atom is -0.462 e. The SMILES string of the molecule is CCOC(=O)c1ccc(-c2ccc(OC(=O)CC)cc2)cc1. The smallest absolute Gasteiger partial charge is 0.338 e. The predicted octanol–water partition coefficient (Wildman–Crippen LogP) is 3.85. The first-order valence-corrected chi connectivity index (χ1v) is 7.22. The van der Waals surface area contributed by atoms with Crippen LogP contribution in [0.2, 0.25) is 0 Å². The Hall–Kier alpha value is -2.62. The monoisotopic (exact) mass is 298 g/mol. The third-order valence-corrected chi connectivity index (χ3v) is 3.10. The highest BCUT2D eigenvalue weighted by Crippen LogP contribution is 2.23. The maximum atomic E-state index is 11.6. The van der Waals surface area contributed by atoms with E-state index in [1.165, 1.54) is 0 Å². The molecule has 0 bridgehead atoms. The van der Waals surface area contributed by atoms with E-state index in [0.29, 0.717) is 24.3 Å². The van der Waals surface area contributed by atoms with Crippen molar-refractivity contribution in [3.8, 4) is 16.9 Å². The van der Waals surface area contributed by atoms with E-state index in [-0.39, 0.29) is 11.9 Å². The molecule has 0 saturated carbocycles.